The van der Waals surface area contributed by atoms with Crippen LogP contribution in [-0.2, 0) is 0 Å². The Hall–Kier alpha value is -3.82. The van der Waals surface area contributed by atoms with Crippen molar-refractivity contribution in [2.24, 2.45) is 0 Å². The highest BCUT2D eigenvalue weighted by atomic mass is 19.1. The number of likely N-dealkylation sites (N-methyl/N-ethyl adjacent to an activating group) is 1. The highest BCUT2D eigenvalue weighted by Crippen LogP contribution is 2.35. The van der Waals surface area contributed by atoms with Crippen molar-refractivity contribution in [2.75, 3.05) is 45.6 Å². The molecule has 1 fully saturated rings. The number of anilines is 1. The maximum atomic E-state index is 14.6. The number of aromatic amines is 2. The minimum absolute atomic E-state index is 0.284. The van der Waals surface area contributed by atoms with Crippen LogP contribution in [0.4, 0.5) is 10.1 Å². The molecule has 1 aliphatic heterocycles. The van der Waals surface area contributed by atoms with Gasteiger partial charge in [-0.05, 0) is 87.4 Å². The molecule has 0 radical (unpaired) electrons. The van der Waals surface area contributed by atoms with Gasteiger partial charge in [0.2, 0.25) is 0 Å². The molecule has 0 aliphatic carbocycles. The SMILES string of the molecule is CN(C)CCNc1cc(F)cc(-c2cncc3[nH]c(-c4[nH]nc5ncc(C6CCNCC6)cc45)cc23)c1. The number of aromatic nitrogens is 5. The Bertz CT molecular complexity index is 1550. The Morgan fingerprint density at radius 2 is 1.89 bits per heavy atom. The Morgan fingerprint density at radius 3 is 2.73 bits per heavy atom. The molecule has 9 heteroatoms. The summed E-state index contributed by atoms with van der Waals surface area (Å²) in [5.41, 5.74) is 7.02. The van der Waals surface area contributed by atoms with Gasteiger partial charge in [0.25, 0.3) is 0 Å². The van der Waals surface area contributed by atoms with Gasteiger partial charge in [-0.3, -0.25) is 10.1 Å². The van der Waals surface area contributed by atoms with Crippen LogP contribution < -0.4 is 10.6 Å². The fourth-order valence-corrected chi connectivity index (χ4v) is 5.19. The van der Waals surface area contributed by atoms with Gasteiger partial charge in [-0.25, -0.2) is 9.37 Å². The van der Waals surface area contributed by atoms with Gasteiger partial charge in [0.05, 0.1) is 23.1 Å². The fourth-order valence-electron chi connectivity index (χ4n) is 5.19. The van der Waals surface area contributed by atoms with Crippen LogP contribution in [-0.4, -0.2) is 70.3 Å². The summed E-state index contributed by atoms with van der Waals surface area (Å²) in [7, 11) is 4.03. The summed E-state index contributed by atoms with van der Waals surface area (Å²) < 4.78 is 14.6. The molecule has 4 N–H and O–H groups in total. The first-order valence-corrected chi connectivity index (χ1v) is 12.8. The molecule has 0 saturated carbocycles. The molecule has 0 unspecified atom stereocenters. The second-order valence-corrected chi connectivity index (χ2v) is 10.1. The van der Waals surface area contributed by atoms with Crippen LogP contribution in [0.15, 0.2) is 48.9 Å². The number of benzene rings is 1. The van der Waals surface area contributed by atoms with Gasteiger partial charge in [0, 0.05) is 47.5 Å². The zero-order valence-corrected chi connectivity index (χ0v) is 21.1. The Kier molecular flexibility index (Phi) is 6.31. The number of H-pyrrole nitrogens is 2. The summed E-state index contributed by atoms with van der Waals surface area (Å²) in [6, 6.07) is 9.36. The Labute approximate surface area is 214 Å². The lowest BCUT2D eigenvalue weighted by atomic mass is 9.91. The summed E-state index contributed by atoms with van der Waals surface area (Å²) in [4.78, 5) is 14.7. The van der Waals surface area contributed by atoms with E-state index < -0.39 is 0 Å². The highest BCUT2D eigenvalue weighted by Gasteiger charge is 2.19. The average Bonchev–Trinajstić information content (AvgIpc) is 3.52. The van der Waals surface area contributed by atoms with Crippen LogP contribution in [0.25, 0.3) is 44.5 Å². The van der Waals surface area contributed by atoms with Gasteiger partial charge in [-0.2, -0.15) is 5.10 Å². The van der Waals surface area contributed by atoms with Crippen LogP contribution in [0.2, 0.25) is 0 Å². The van der Waals surface area contributed by atoms with Gasteiger partial charge in [0.15, 0.2) is 5.65 Å². The van der Waals surface area contributed by atoms with Crippen molar-refractivity contribution in [3.05, 3.63) is 60.3 Å². The first-order valence-electron chi connectivity index (χ1n) is 12.8. The molecule has 4 aromatic heterocycles. The van der Waals surface area contributed by atoms with E-state index in [1.807, 2.05) is 26.4 Å². The Morgan fingerprint density at radius 1 is 1.03 bits per heavy atom. The van der Waals surface area contributed by atoms with E-state index in [-0.39, 0.29) is 5.82 Å². The monoisotopic (exact) mass is 498 g/mol. The number of piperidine rings is 1. The second kappa shape index (κ2) is 9.91. The summed E-state index contributed by atoms with van der Waals surface area (Å²) in [5.74, 6) is 0.224. The van der Waals surface area contributed by atoms with Gasteiger partial charge in [-0.15, -0.1) is 0 Å². The minimum Gasteiger partial charge on any atom is -0.384 e. The number of hydrogen-bond donors (Lipinski definition) is 4. The minimum atomic E-state index is -0.284. The number of pyridine rings is 2. The third-order valence-electron chi connectivity index (χ3n) is 7.15. The van der Waals surface area contributed by atoms with E-state index in [0.717, 1.165) is 83.5 Å². The lowest BCUT2D eigenvalue weighted by molar-refractivity contribution is 0.425. The van der Waals surface area contributed by atoms with E-state index in [1.165, 1.54) is 11.6 Å². The lowest BCUT2D eigenvalue weighted by Crippen LogP contribution is -2.26. The molecule has 0 spiro atoms. The molecule has 0 bridgehead atoms. The second-order valence-electron chi connectivity index (χ2n) is 10.1. The summed E-state index contributed by atoms with van der Waals surface area (Å²) in [6.07, 6.45) is 7.78. The van der Waals surface area contributed by atoms with Crippen molar-refractivity contribution in [1.29, 1.82) is 0 Å². The first-order chi connectivity index (χ1) is 18.0. The number of hydrogen-bond acceptors (Lipinski definition) is 6. The molecule has 37 heavy (non-hydrogen) atoms. The topological polar surface area (TPSA) is 97.5 Å². The quantitative estimate of drug-likeness (QED) is 0.259. The van der Waals surface area contributed by atoms with E-state index in [2.05, 4.69) is 52.8 Å². The predicted octanol–water partition coefficient (Wildman–Crippen LogP) is 4.75. The smallest absolute Gasteiger partial charge is 0.181 e. The number of halogens is 1. The molecule has 5 aromatic rings. The number of fused-ring (bicyclic) bond motifs is 2. The molecule has 0 amide bonds. The van der Waals surface area contributed by atoms with E-state index in [4.69, 9.17) is 0 Å². The van der Waals surface area contributed by atoms with Crippen LogP contribution in [0.5, 0.6) is 0 Å². The summed E-state index contributed by atoms with van der Waals surface area (Å²) >= 11 is 0. The number of nitrogens with zero attached hydrogens (tertiary/aromatic N) is 4. The molecular weight excluding hydrogens is 467 g/mol. The number of nitrogens with one attached hydrogen (secondary N) is 4. The third-order valence-corrected chi connectivity index (χ3v) is 7.15. The van der Waals surface area contributed by atoms with E-state index in [0.29, 0.717) is 11.6 Å². The molecule has 190 valence electrons. The van der Waals surface area contributed by atoms with Crippen molar-refractivity contribution < 1.29 is 4.39 Å². The molecule has 8 nitrogen and oxygen atoms in total. The molecule has 5 heterocycles. The molecule has 0 atom stereocenters. The van der Waals surface area contributed by atoms with Gasteiger partial charge < -0.3 is 20.5 Å². The predicted molar refractivity (Wildman–Crippen MR) is 146 cm³/mol. The highest BCUT2D eigenvalue weighted by molar-refractivity contribution is 6.00. The van der Waals surface area contributed by atoms with Crippen molar-refractivity contribution in [3.63, 3.8) is 0 Å². The summed E-state index contributed by atoms with van der Waals surface area (Å²) in [5, 5.41) is 16.3. The van der Waals surface area contributed by atoms with Crippen molar-refractivity contribution in [2.45, 2.75) is 18.8 Å². The molecular formula is C28H31FN8. The third kappa shape index (κ3) is 4.80. The number of rotatable bonds is 7. The first kappa shape index (κ1) is 23.6. The zero-order valence-electron chi connectivity index (χ0n) is 21.1. The maximum absolute atomic E-state index is 14.6. The summed E-state index contributed by atoms with van der Waals surface area (Å²) in [6.45, 7) is 3.65. The molecule has 6 rings (SSSR count). The van der Waals surface area contributed by atoms with Gasteiger partial charge in [-0.1, -0.05) is 0 Å². The van der Waals surface area contributed by atoms with Crippen molar-refractivity contribution >= 4 is 27.6 Å². The lowest BCUT2D eigenvalue weighted by Gasteiger charge is -2.22. The molecule has 1 aromatic carbocycles. The largest absolute Gasteiger partial charge is 0.384 e. The average molecular weight is 499 g/mol. The van der Waals surface area contributed by atoms with Gasteiger partial charge >= 0.3 is 0 Å². The normalized spacial score (nSPS) is 14.7. The van der Waals surface area contributed by atoms with E-state index in [9.17, 15) is 4.39 Å². The van der Waals surface area contributed by atoms with Crippen LogP contribution in [0, 0.1) is 5.82 Å². The van der Waals surface area contributed by atoms with Gasteiger partial charge in [0.1, 0.15) is 5.82 Å². The van der Waals surface area contributed by atoms with Crippen LogP contribution in [0.1, 0.15) is 24.3 Å². The van der Waals surface area contributed by atoms with Crippen LogP contribution in [0.3, 0.4) is 0 Å². The standard InChI is InChI=1S/C28H31FN8/c1-37(2)8-7-32-21-10-18(9-20(29)12-21)24-15-31-16-26-22(24)13-25(34-26)27-23-11-19(14-33-28(23)36-35-27)17-3-5-30-6-4-17/h9-17,30,32,34H,3-8H2,1-2H3,(H,33,35,36). The van der Waals surface area contributed by atoms with E-state index in [1.54, 1.807) is 18.5 Å². The fraction of sp³-hybridized carbons (Fsp3) is 0.321. The maximum Gasteiger partial charge on any atom is 0.181 e. The molecule has 1 saturated heterocycles. The van der Waals surface area contributed by atoms with E-state index >= 15 is 0 Å². The zero-order chi connectivity index (χ0) is 25.4. The van der Waals surface area contributed by atoms with Crippen molar-refractivity contribution in [3.8, 4) is 22.5 Å². The van der Waals surface area contributed by atoms with Crippen LogP contribution >= 0.6 is 0 Å². The Balaban J connectivity index is 1.37. The molecule has 1 aliphatic rings. The van der Waals surface area contributed by atoms with Crippen molar-refractivity contribution in [1.82, 2.24) is 35.4 Å².